The van der Waals surface area contributed by atoms with Crippen LogP contribution in [0.15, 0.2) is 16.9 Å². The normalized spacial score (nSPS) is 10.7. The molecule has 0 amide bonds. The third kappa shape index (κ3) is 3.42. The summed E-state index contributed by atoms with van der Waals surface area (Å²) in [7, 11) is 0. The van der Waals surface area contributed by atoms with Crippen molar-refractivity contribution in [1.29, 1.82) is 0 Å². The van der Waals surface area contributed by atoms with E-state index >= 15 is 0 Å². The Morgan fingerprint density at radius 2 is 1.75 bits per heavy atom. The molecule has 2 heteroatoms. The molecule has 1 aromatic carbocycles. The highest BCUT2D eigenvalue weighted by Gasteiger charge is 2.07. The SMILES string of the molecule is CCCCCCCCc1[nH]c2cc#ccc2c(=O)c1C. The van der Waals surface area contributed by atoms with Crippen molar-refractivity contribution in [2.75, 3.05) is 0 Å². The van der Waals surface area contributed by atoms with Crippen molar-refractivity contribution in [1.82, 2.24) is 4.98 Å². The van der Waals surface area contributed by atoms with Gasteiger partial charge in [0.15, 0.2) is 5.43 Å². The highest BCUT2D eigenvalue weighted by atomic mass is 16.1. The summed E-state index contributed by atoms with van der Waals surface area (Å²) in [5.41, 5.74) is 2.94. The van der Waals surface area contributed by atoms with E-state index in [1.807, 2.05) is 6.92 Å². The maximum atomic E-state index is 12.3. The molecule has 0 fully saturated rings. The summed E-state index contributed by atoms with van der Waals surface area (Å²) in [6.07, 6.45) is 8.59. The fourth-order valence-electron chi connectivity index (χ4n) is 2.60. The predicted molar refractivity (Wildman–Crippen MR) is 84.1 cm³/mol. The van der Waals surface area contributed by atoms with Gasteiger partial charge in [0.25, 0.3) is 0 Å². The number of unbranched alkanes of at least 4 members (excludes halogenated alkanes) is 5. The first-order valence-corrected chi connectivity index (χ1v) is 7.67. The molecular weight excluding hydrogens is 246 g/mol. The Bertz CT molecular complexity index is 612. The van der Waals surface area contributed by atoms with E-state index in [-0.39, 0.29) is 5.43 Å². The Balaban J connectivity index is 2.03. The van der Waals surface area contributed by atoms with Crippen molar-refractivity contribution >= 4 is 10.9 Å². The molecule has 1 heterocycles. The van der Waals surface area contributed by atoms with E-state index in [1.54, 1.807) is 12.1 Å². The van der Waals surface area contributed by atoms with Gasteiger partial charge in [0.1, 0.15) is 0 Å². The molecule has 0 unspecified atom stereocenters. The average molecular weight is 269 g/mol. The van der Waals surface area contributed by atoms with E-state index in [0.717, 1.165) is 29.6 Å². The number of hydrogen-bond donors (Lipinski definition) is 1. The minimum atomic E-state index is 0.130. The number of hydrogen-bond acceptors (Lipinski definition) is 1. The van der Waals surface area contributed by atoms with Crippen LogP contribution >= 0.6 is 0 Å². The number of rotatable bonds is 7. The maximum absolute atomic E-state index is 12.3. The van der Waals surface area contributed by atoms with Gasteiger partial charge in [-0.25, -0.2) is 0 Å². The number of aryl methyl sites for hydroxylation is 1. The lowest BCUT2D eigenvalue weighted by atomic mass is 10.0. The highest BCUT2D eigenvalue weighted by Crippen LogP contribution is 2.13. The van der Waals surface area contributed by atoms with Gasteiger partial charge in [-0.15, -0.1) is 0 Å². The summed E-state index contributed by atoms with van der Waals surface area (Å²) >= 11 is 0. The van der Waals surface area contributed by atoms with Crippen molar-refractivity contribution < 1.29 is 0 Å². The molecule has 0 saturated heterocycles. The number of pyridine rings is 1. The van der Waals surface area contributed by atoms with Crippen LogP contribution in [-0.4, -0.2) is 4.98 Å². The van der Waals surface area contributed by atoms with Gasteiger partial charge in [-0.05, 0) is 19.8 Å². The first-order chi connectivity index (χ1) is 9.74. The van der Waals surface area contributed by atoms with E-state index in [1.165, 1.54) is 32.1 Å². The largest absolute Gasteiger partial charge is 0.357 e. The number of aromatic amines is 1. The smallest absolute Gasteiger partial charge is 0.193 e. The van der Waals surface area contributed by atoms with Crippen molar-refractivity contribution in [2.24, 2.45) is 0 Å². The molecule has 2 aromatic rings. The molecule has 0 aliphatic heterocycles. The van der Waals surface area contributed by atoms with Crippen LogP contribution in [0.2, 0.25) is 0 Å². The topological polar surface area (TPSA) is 32.9 Å². The monoisotopic (exact) mass is 269 g/mol. The third-order valence-electron chi connectivity index (χ3n) is 3.91. The molecule has 0 spiro atoms. The highest BCUT2D eigenvalue weighted by molar-refractivity contribution is 5.78. The number of aromatic nitrogens is 1. The average Bonchev–Trinajstić information content (AvgIpc) is 2.47. The Hall–Kier alpha value is -1.75. The molecule has 0 atom stereocenters. The Morgan fingerprint density at radius 3 is 2.55 bits per heavy atom. The van der Waals surface area contributed by atoms with E-state index in [9.17, 15) is 4.79 Å². The zero-order valence-electron chi connectivity index (χ0n) is 12.5. The van der Waals surface area contributed by atoms with Crippen LogP contribution in [0.3, 0.4) is 0 Å². The summed E-state index contributed by atoms with van der Waals surface area (Å²) in [6, 6.07) is 9.28. The molecule has 0 bridgehead atoms. The fourth-order valence-corrected chi connectivity index (χ4v) is 2.60. The standard InChI is InChI=1S/C18H23NO/c1-3-4-5-6-7-8-12-16-14(2)18(20)15-11-9-10-13-17(15)19-16/h11,13H,3-8,12H2,1-2H3,(H,19,20). The van der Waals surface area contributed by atoms with E-state index in [0.29, 0.717) is 5.39 Å². The maximum Gasteiger partial charge on any atom is 0.193 e. The number of fused-ring (bicyclic) bond motifs is 1. The zero-order valence-corrected chi connectivity index (χ0v) is 12.5. The second-order valence-corrected chi connectivity index (χ2v) is 5.48. The van der Waals surface area contributed by atoms with Gasteiger partial charge >= 0.3 is 0 Å². The van der Waals surface area contributed by atoms with Crippen molar-refractivity contribution in [2.45, 2.75) is 58.8 Å². The van der Waals surface area contributed by atoms with Gasteiger partial charge in [0, 0.05) is 23.4 Å². The zero-order chi connectivity index (χ0) is 14.4. The molecular formula is C18H23NO. The van der Waals surface area contributed by atoms with Crippen molar-refractivity contribution in [3.63, 3.8) is 0 Å². The summed E-state index contributed by atoms with van der Waals surface area (Å²) < 4.78 is 0. The van der Waals surface area contributed by atoms with Gasteiger partial charge < -0.3 is 4.98 Å². The lowest BCUT2D eigenvalue weighted by molar-refractivity contribution is 0.604. The molecule has 1 aromatic heterocycles. The molecule has 2 rings (SSSR count). The molecule has 0 aliphatic rings. The first-order valence-electron chi connectivity index (χ1n) is 7.67. The second kappa shape index (κ2) is 7.14. The van der Waals surface area contributed by atoms with Gasteiger partial charge in [-0.1, -0.05) is 51.2 Å². The lowest BCUT2D eigenvalue weighted by Crippen LogP contribution is -2.11. The molecule has 1 N–H and O–H groups in total. The van der Waals surface area contributed by atoms with E-state index in [2.05, 4.69) is 24.0 Å². The first kappa shape index (κ1) is 14.7. The van der Waals surface area contributed by atoms with Crippen molar-refractivity contribution in [3.8, 4) is 0 Å². The van der Waals surface area contributed by atoms with Crippen LogP contribution in [0.5, 0.6) is 0 Å². The summed E-state index contributed by atoms with van der Waals surface area (Å²) in [5.74, 6) is 0. The second-order valence-electron chi connectivity index (χ2n) is 5.48. The van der Waals surface area contributed by atoms with E-state index < -0.39 is 0 Å². The van der Waals surface area contributed by atoms with Crippen LogP contribution in [0.4, 0.5) is 0 Å². The van der Waals surface area contributed by atoms with Crippen LogP contribution in [0, 0.1) is 19.1 Å². The molecule has 2 nitrogen and oxygen atoms in total. The molecule has 0 radical (unpaired) electrons. The minimum absolute atomic E-state index is 0.130. The van der Waals surface area contributed by atoms with Gasteiger partial charge in [-0.3, -0.25) is 4.79 Å². The fraction of sp³-hybridized carbons (Fsp3) is 0.500. The van der Waals surface area contributed by atoms with Gasteiger partial charge in [0.05, 0.1) is 10.9 Å². The molecule has 0 aliphatic carbocycles. The predicted octanol–water partition coefficient (Wildman–Crippen LogP) is 4.34. The molecule has 20 heavy (non-hydrogen) atoms. The summed E-state index contributed by atoms with van der Waals surface area (Å²) in [6.45, 7) is 4.15. The Morgan fingerprint density at radius 1 is 1.05 bits per heavy atom. The Labute approximate surface area is 121 Å². The quantitative estimate of drug-likeness (QED) is 0.745. The summed E-state index contributed by atoms with van der Waals surface area (Å²) in [4.78, 5) is 15.7. The van der Waals surface area contributed by atoms with Crippen LogP contribution in [0.1, 0.15) is 56.7 Å². The van der Waals surface area contributed by atoms with Gasteiger partial charge in [-0.2, -0.15) is 0 Å². The molecule has 0 saturated carbocycles. The third-order valence-corrected chi connectivity index (χ3v) is 3.91. The number of nitrogens with one attached hydrogen (secondary N) is 1. The minimum Gasteiger partial charge on any atom is -0.357 e. The lowest BCUT2D eigenvalue weighted by Gasteiger charge is -2.07. The summed E-state index contributed by atoms with van der Waals surface area (Å²) in [5, 5.41) is 0.716. The van der Waals surface area contributed by atoms with Crippen LogP contribution in [-0.2, 0) is 6.42 Å². The van der Waals surface area contributed by atoms with E-state index in [4.69, 9.17) is 0 Å². The van der Waals surface area contributed by atoms with Crippen LogP contribution < -0.4 is 5.43 Å². The molecule has 106 valence electrons. The number of H-pyrrole nitrogens is 1. The van der Waals surface area contributed by atoms with Gasteiger partial charge in [0.2, 0.25) is 0 Å². The van der Waals surface area contributed by atoms with Crippen molar-refractivity contribution in [3.05, 3.63) is 45.7 Å². The van der Waals surface area contributed by atoms with Crippen LogP contribution in [0.25, 0.3) is 10.9 Å². The Kier molecular flexibility index (Phi) is 5.24.